The normalized spacial score (nSPS) is 20.9. The molecule has 0 aromatic carbocycles. The second-order valence-corrected chi connectivity index (χ2v) is 7.66. The lowest BCUT2D eigenvalue weighted by Crippen LogP contribution is -2.40. The summed E-state index contributed by atoms with van der Waals surface area (Å²) in [5, 5.41) is 7.74. The van der Waals surface area contributed by atoms with Gasteiger partial charge in [0.15, 0.2) is 5.96 Å². The molecule has 158 valence electrons. The summed E-state index contributed by atoms with van der Waals surface area (Å²) in [7, 11) is 1.97. The topological polar surface area (TPSA) is 65.8 Å². The van der Waals surface area contributed by atoms with Crippen LogP contribution in [-0.4, -0.2) is 70.7 Å². The van der Waals surface area contributed by atoms with Crippen molar-refractivity contribution < 1.29 is 4.79 Å². The maximum absolute atomic E-state index is 12.1. The van der Waals surface area contributed by atoms with Gasteiger partial charge in [-0.05, 0) is 38.2 Å². The highest BCUT2D eigenvalue weighted by Crippen LogP contribution is 2.26. The minimum Gasteiger partial charge on any atom is -0.357 e. The predicted molar refractivity (Wildman–Crippen MR) is 123 cm³/mol. The van der Waals surface area contributed by atoms with Crippen LogP contribution in [0.15, 0.2) is 17.4 Å². The quantitative estimate of drug-likeness (QED) is 0.281. The lowest BCUT2D eigenvalue weighted by molar-refractivity contribution is -0.130. The van der Waals surface area contributed by atoms with Crippen molar-refractivity contribution in [2.24, 2.45) is 12.0 Å². The van der Waals surface area contributed by atoms with E-state index in [0.29, 0.717) is 11.8 Å². The van der Waals surface area contributed by atoms with Crippen LogP contribution in [0.3, 0.4) is 0 Å². The Bertz CT molecular complexity index is 646. The standard InChI is InChI=1S/C20H34N6O.HI/c1-3-21-20(22-10-7-12-25-11-6-4-5-8-19(25)27)26-13-9-17(16-26)18-14-23-24(2)15-18;/h14-15,17H,3-13,16H2,1-2H3,(H,21,22);1H. The summed E-state index contributed by atoms with van der Waals surface area (Å²) in [6, 6.07) is 0. The van der Waals surface area contributed by atoms with Gasteiger partial charge in [-0.25, -0.2) is 0 Å². The molecule has 2 aliphatic heterocycles. The third kappa shape index (κ3) is 6.35. The fourth-order valence-corrected chi connectivity index (χ4v) is 4.02. The maximum Gasteiger partial charge on any atom is 0.222 e. The first kappa shape index (κ1) is 23.0. The number of nitrogens with one attached hydrogen (secondary N) is 1. The molecule has 1 unspecified atom stereocenters. The summed E-state index contributed by atoms with van der Waals surface area (Å²) in [6.45, 7) is 7.51. The van der Waals surface area contributed by atoms with Gasteiger partial charge in [-0.15, -0.1) is 24.0 Å². The van der Waals surface area contributed by atoms with Crippen molar-refractivity contribution in [1.82, 2.24) is 24.9 Å². The Hall–Kier alpha value is -1.32. The lowest BCUT2D eigenvalue weighted by Gasteiger charge is -2.22. The molecule has 1 aromatic heterocycles. The fourth-order valence-electron chi connectivity index (χ4n) is 4.02. The maximum atomic E-state index is 12.1. The molecule has 28 heavy (non-hydrogen) atoms. The number of hydrogen-bond donors (Lipinski definition) is 1. The van der Waals surface area contributed by atoms with E-state index in [1.54, 1.807) is 0 Å². The largest absolute Gasteiger partial charge is 0.357 e. The third-order valence-corrected chi connectivity index (χ3v) is 5.54. The molecule has 8 heteroatoms. The monoisotopic (exact) mass is 502 g/mol. The van der Waals surface area contributed by atoms with E-state index in [1.165, 1.54) is 12.0 Å². The smallest absolute Gasteiger partial charge is 0.222 e. The second kappa shape index (κ2) is 11.6. The predicted octanol–water partition coefficient (Wildman–Crippen LogP) is 2.59. The number of carbonyl (C=O) groups is 1. The Morgan fingerprint density at radius 2 is 2.18 bits per heavy atom. The number of aliphatic imine (C=N–C) groups is 1. The fraction of sp³-hybridized carbons (Fsp3) is 0.750. The Morgan fingerprint density at radius 1 is 1.32 bits per heavy atom. The number of carbonyl (C=O) groups excluding carboxylic acids is 1. The molecule has 7 nitrogen and oxygen atoms in total. The summed E-state index contributed by atoms with van der Waals surface area (Å²) in [5.74, 6) is 1.85. The number of rotatable bonds is 6. The first-order valence-corrected chi connectivity index (χ1v) is 10.5. The number of nitrogens with zero attached hydrogens (tertiary/aromatic N) is 5. The van der Waals surface area contributed by atoms with Gasteiger partial charge in [-0.1, -0.05) is 6.42 Å². The first-order chi connectivity index (χ1) is 13.2. The van der Waals surface area contributed by atoms with E-state index < -0.39 is 0 Å². The van der Waals surface area contributed by atoms with E-state index in [1.807, 2.05) is 22.8 Å². The van der Waals surface area contributed by atoms with E-state index >= 15 is 0 Å². The zero-order chi connectivity index (χ0) is 19.1. The average Bonchev–Trinajstić information content (AvgIpc) is 3.26. The molecule has 2 aliphatic rings. The molecule has 0 saturated carbocycles. The van der Waals surface area contributed by atoms with Crippen LogP contribution >= 0.6 is 24.0 Å². The van der Waals surface area contributed by atoms with Crippen LogP contribution in [-0.2, 0) is 11.8 Å². The Labute approximate surface area is 186 Å². The van der Waals surface area contributed by atoms with Crippen molar-refractivity contribution >= 4 is 35.8 Å². The van der Waals surface area contributed by atoms with Gasteiger partial charge >= 0.3 is 0 Å². The number of halogens is 1. The molecule has 1 atom stereocenters. The number of amides is 1. The van der Waals surface area contributed by atoms with E-state index in [0.717, 1.165) is 77.3 Å². The molecule has 0 spiro atoms. The summed E-state index contributed by atoms with van der Waals surface area (Å²) >= 11 is 0. The summed E-state index contributed by atoms with van der Waals surface area (Å²) in [4.78, 5) is 21.3. The van der Waals surface area contributed by atoms with Gasteiger partial charge in [0.05, 0.1) is 6.20 Å². The van der Waals surface area contributed by atoms with Crippen LogP contribution in [0.4, 0.5) is 0 Å². The van der Waals surface area contributed by atoms with E-state index in [-0.39, 0.29) is 24.0 Å². The van der Waals surface area contributed by atoms with Crippen molar-refractivity contribution in [1.29, 1.82) is 0 Å². The molecule has 1 N–H and O–H groups in total. The Kier molecular flexibility index (Phi) is 9.53. The van der Waals surface area contributed by atoms with Gasteiger partial charge in [0.2, 0.25) is 5.91 Å². The molecule has 3 heterocycles. The molecule has 2 saturated heterocycles. The van der Waals surface area contributed by atoms with Gasteiger partial charge < -0.3 is 15.1 Å². The molecule has 1 aromatic rings. The van der Waals surface area contributed by atoms with Crippen LogP contribution < -0.4 is 5.32 Å². The van der Waals surface area contributed by atoms with Crippen LogP contribution in [0.5, 0.6) is 0 Å². The second-order valence-electron chi connectivity index (χ2n) is 7.66. The molecule has 3 rings (SSSR count). The van der Waals surface area contributed by atoms with Crippen molar-refractivity contribution in [3.05, 3.63) is 18.0 Å². The van der Waals surface area contributed by atoms with E-state index in [4.69, 9.17) is 4.99 Å². The first-order valence-electron chi connectivity index (χ1n) is 10.5. The summed E-state index contributed by atoms with van der Waals surface area (Å²) in [5.41, 5.74) is 1.32. The molecular weight excluding hydrogens is 467 g/mol. The Balaban J connectivity index is 0.00000280. The number of likely N-dealkylation sites (tertiary alicyclic amines) is 2. The van der Waals surface area contributed by atoms with Crippen LogP contribution in [0.2, 0.25) is 0 Å². The van der Waals surface area contributed by atoms with Crippen molar-refractivity contribution in [3.8, 4) is 0 Å². The Morgan fingerprint density at radius 3 is 2.93 bits per heavy atom. The van der Waals surface area contributed by atoms with Gasteiger partial charge in [-0.2, -0.15) is 5.10 Å². The SMILES string of the molecule is CCNC(=NCCCN1CCCCCC1=O)N1CCC(c2cnn(C)c2)C1.I. The number of guanidine groups is 1. The molecular formula is C20H35IN6O. The molecule has 0 aliphatic carbocycles. The van der Waals surface area contributed by atoms with Crippen molar-refractivity contribution in [2.45, 2.75) is 51.4 Å². The third-order valence-electron chi connectivity index (χ3n) is 5.54. The van der Waals surface area contributed by atoms with Crippen molar-refractivity contribution in [2.75, 3.05) is 39.3 Å². The van der Waals surface area contributed by atoms with Gasteiger partial charge in [-0.3, -0.25) is 14.5 Å². The lowest BCUT2D eigenvalue weighted by atomic mass is 10.0. The molecule has 1 amide bonds. The summed E-state index contributed by atoms with van der Waals surface area (Å²) in [6.07, 6.45) is 10.3. The minimum atomic E-state index is 0. The molecule has 2 fully saturated rings. The van der Waals surface area contributed by atoms with E-state index in [9.17, 15) is 4.79 Å². The van der Waals surface area contributed by atoms with Gasteiger partial charge in [0, 0.05) is 64.9 Å². The van der Waals surface area contributed by atoms with E-state index in [2.05, 4.69) is 28.4 Å². The summed E-state index contributed by atoms with van der Waals surface area (Å²) < 4.78 is 1.88. The average molecular weight is 502 g/mol. The molecule has 0 bridgehead atoms. The highest BCUT2D eigenvalue weighted by atomic mass is 127. The number of aromatic nitrogens is 2. The zero-order valence-corrected chi connectivity index (χ0v) is 19.6. The molecule has 0 radical (unpaired) electrons. The number of hydrogen-bond acceptors (Lipinski definition) is 3. The minimum absolute atomic E-state index is 0. The zero-order valence-electron chi connectivity index (χ0n) is 17.3. The number of aryl methyl sites for hydroxylation is 1. The van der Waals surface area contributed by atoms with Crippen molar-refractivity contribution in [3.63, 3.8) is 0 Å². The van der Waals surface area contributed by atoms with Crippen LogP contribution in [0.25, 0.3) is 0 Å². The van der Waals surface area contributed by atoms with Gasteiger partial charge in [0.25, 0.3) is 0 Å². The highest BCUT2D eigenvalue weighted by Gasteiger charge is 2.26. The van der Waals surface area contributed by atoms with Crippen LogP contribution in [0, 0.1) is 0 Å². The van der Waals surface area contributed by atoms with Crippen LogP contribution in [0.1, 0.15) is 56.9 Å². The highest BCUT2D eigenvalue weighted by molar-refractivity contribution is 14.0. The van der Waals surface area contributed by atoms with Gasteiger partial charge in [0.1, 0.15) is 0 Å².